The van der Waals surface area contributed by atoms with Gasteiger partial charge in [-0.2, -0.15) is 0 Å². The molecule has 4 nitrogen and oxygen atoms in total. The van der Waals surface area contributed by atoms with Crippen LogP contribution in [0.25, 0.3) is 0 Å². The summed E-state index contributed by atoms with van der Waals surface area (Å²) in [5, 5.41) is 1.79. The Morgan fingerprint density at radius 1 is 1.35 bits per heavy atom. The molecule has 0 aromatic carbocycles. The van der Waals surface area contributed by atoms with Crippen molar-refractivity contribution in [1.29, 1.82) is 0 Å². The third-order valence-corrected chi connectivity index (χ3v) is 6.72. The van der Waals surface area contributed by atoms with E-state index in [2.05, 4.69) is 11.6 Å². The van der Waals surface area contributed by atoms with Gasteiger partial charge in [-0.15, -0.1) is 11.3 Å². The first-order chi connectivity index (χ1) is 9.56. The molecule has 1 aromatic heterocycles. The third-order valence-electron chi connectivity index (χ3n) is 4.04. The maximum absolute atomic E-state index is 12.4. The lowest BCUT2D eigenvalue weighted by atomic mass is 9.84. The first kappa shape index (κ1) is 15.9. The fourth-order valence-electron chi connectivity index (χ4n) is 2.98. The molecular weight excluding hydrogens is 292 g/mol. The molecule has 0 amide bonds. The molecule has 114 valence electrons. The summed E-state index contributed by atoms with van der Waals surface area (Å²) in [4.78, 5) is 1.10. The lowest BCUT2D eigenvalue weighted by Gasteiger charge is -2.28. The Labute approximate surface area is 125 Å². The first-order valence-corrected chi connectivity index (χ1v) is 9.72. The zero-order valence-corrected chi connectivity index (χ0v) is 13.6. The fraction of sp³-hybridized carbons (Fsp3) is 0.714. The third kappa shape index (κ3) is 3.81. The lowest BCUT2D eigenvalue weighted by Crippen LogP contribution is -2.37. The molecule has 0 unspecified atom stereocenters. The second-order valence-electron chi connectivity index (χ2n) is 5.54. The Hall–Kier alpha value is -0.430. The van der Waals surface area contributed by atoms with Crippen LogP contribution < -0.4 is 10.5 Å². The summed E-state index contributed by atoms with van der Waals surface area (Å²) in [5.41, 5.74) is 5.59. The normalized spacial score (nSPS) is 23.9. The molecule has 1 aliphatic rings. The van der Waals surface area contributed by atoms with Gasteiger partial charge in [-0.1, -0.05) is 19.8 Å². The van der Waals surface area contributed by atoms with Crippen molar-refractivity contribution in [2.45, 2.75) is 62.9 Å². The van der Waals surface area contributed by atoms with Crippen LogP contribution >= 0.6 is 11.3 Å². The van der Waals surface area contributed by atoms with Gasteiger partial charge in [0, 0.05) is 17.5 Å². The fourth-order valence-corrected chi connectivity index (χ4v) is 5.62. The first-order valence-electron chi connectivity index (χ1n) is 7.35. The second kappa shape index (κ2) is 7.02. The van der Waals surface area contributed by atoms with Gasteiger partial charge in [0.15, 0.2) is 0 Å². The summed E-state index contributed by atoms with van der Waals surface area (Å²) in [5.74, 6) is 0.779. The van der Waals surface area contributed by atoms with Crippen LogP contribution in [0.3, 0.4) is 0 Å². The minimum atomic E-state index is -3.41. The Morgan fingerprint density at radius 2 is 2.05 bits per heavy atom. The van der Waals surface area contributed by atoms with Gasteiger partial charge >= 0.3 is 0 Å². The van der Waals surface area contributed by atoms with Crippen molar-refractivity contribution < 1.29 is 8.42 Å². The molecule has 1 heterocycles. The number of thiophene rings is 1. The Bertz CT molecular complexity index is 517. The van der Waals surface area contributed by atoms with E-state index in [1.807, 2.05) is 0 Å². The van der Waals surface area contributed by atoms with Crippen LogP contribution in [-0.2, 0) is 16.6 Å². The molecule has 3 N–H and O–H groups in total. The van der Waals surface area contributed by atoms with Gasteiger partial charge in [-0.05, 0) is 43.0 Å². The lowest BCUT2D eigenvalue weighted by molar-refractivity contribution is 0.297. The summed E-state index contributed by atoms with van der Waals surface area (Å²) >= 11 is 1.40. The number of sulfonamides is 1. The average Bonchev–Trinajstić information content (AvgIpc) is 2.90. The van der Waals surface area contributed by atoms with Gasteiger partial charge in [-0.3, -0.25) is 0 Å². The van der Waals surface area contributed by atoms with E-state index < -0.39 is 10.0 Å². The van der Waals surface area contributed by atoms with Gasteiger partial charge < -0.3 is 5.73 Å². The van der Waals surface area contributed by atoms with Crippen molar-refractivity contribution in [3.63, 3.8) is 0 Å². The van der Waals surface area contributed by atoms with Crippen molar-refractivity contribution in [2.75, 3.05) is 0 Å². The van der Waals surface area contributed by atoms with Crippen LogP contribution in [0, 0.1) is 5.92 Å². The average molecular weight is 316 g/mol. The highest BCUT2D eigenvalue weighted by molar-refractivity contribution is 7.89. The smallest absolute Gasteiger partial charge is 0.241 e. The van der Waals surface area contributed by atoms with Crippen molar-refractivity contribution >= 4 is 21.4 Å². The summed E-state index contributed by atoms with van der Waals surface area (Å²) in [6.07, 6.45) is 6.65. The zero-order valence-electron chi connectivity index (χ0n) is 12.0. The topological polar surface area (TPSA) is 72.2 Å². The maximum Gasteiger partial charge on any atom is 0.241 e. The highest BCUT2D eigenvalue weighted by Gasteiger charge is 2.26. The van der Waals surface area contributed by atoms with Crippen molar-refractivity contribution in [3.8, 4) is 0 Å². The summed E-state index contributed by atoms with van der Waals surface area (Å²) in [7, 11) is -3.41. The van der Waals surface area contributed by atoms with E-state index in [0.29, 0.717) is 4.90 Å². The van der Waals surface area contributed by atoms with Gasteiger partial charge in [-0.25, -0.2) is 13.1 Å². The number of nitrogens with one attached hydrogen (secondary N) is 1. The molecule has 1 fully saturated rings. The van der Waals surface area contributed by atoms with E-state index in [1.165, 1.54) is 24.2 Å². The molecule has 0 spiro atoms. The van der Waals surface area contributed by atoms with Crippen LogP contribution in [-0.4, -0.2) is 14.5 Å². The number of rotatable bonds is 6. The molecule has 6 heteroatoms. The standard InChI is InChI=1S/C14H24N2O2S2/c1-2-3-11-4-6-12(7-5-11)16-20(17,18)14-8-9-19-13(14)10-15/h8-9,11-12,16H,2-7,10,15H2,1H3. The maximum atomic E-state index is 12.4. The largest absolute Gasteiger partial charge is 0.326 e. The highest BCUT2D eigenvalue weighted by Crippen LogP contribution is 2.29. The van der Waals surface area contributed by atoms with Crippen molar-refractivity contribution in [2.24, 2.45) is 11.7 Å². The quantitative estimate of drug-likeness (QED) is 0.847. The van der Waals surface area contributed by atoms with E-state index in [4.69, 9.17) is 5.73 Å². The molecule has 0 radical (unpaired) electrons. The van der Waals surface area contributed by atoms with E-state index in [0.717, 1.165) is 36.5 Å². The Balaban J connectivity index is 1.97. The summed E-state index contributed by atoms with van der Waals surface area (Å²) in [6.45, 7) is 2.48. The molecule has 0 atom stereocenters. The second-order valence-corrected chi connectivity index (χ2v) is 8.22. The van der Waals surface area contributed by atoms with Gasteiger partial charge in [0.25, 0.3) is 0 Å². The molecule has 0 saturated heterocycles. The predicted octanol–water partition coefficient (Wildman–Crippen LogP) is 2.84. The zero-order chi connectivity index (χ0) is 14.6. The van der Waals surface area contributed by atoms with Gasteiger partial charge in [0.05, 0.1) is 4.90 Å². The molecule has 1 aliphatic carbocycles. The molecule has 20 heavy (non-hydrogen) atoms. The molecule has 0 aliphatic heterocycles. The Kier molecular flexibility index (Phi) is 5.60. The van der Waals surface area contributed by atoms with E-state index in [-0.39, 0.29) is 12.6 Å². The highest BCUT2D eigenvalue weighted by atomic mass is 32.2. The van der Waals surface area contributed by atoms with Crippen molar-refractivity contribution in [3.05, 3.63) is 16.3 Å². The van der Waals surface area contributed by atoms with Gasteiger partial charge in [0.2, 0.25) is 10.0 Å². The number of hydrogen-bond donors (Lipinski definition) is 2. The minimum Gasteiger partial charge on any atom is -0.326 e. The van der Waals surface area contributed by atoms with Crippen LogP contribution in [0.2, 0.25) is 0 Å². The van der Waals surface area contributed by atoms with E-state index in [1.54, 1.807) is 11.4 Å². The predicted molar refractivity (Wildman–Crippen MR) is 83.2 cm³/mol. The summed E-state index contributed by atoms with van der Waals surface area (Å²) in [6, 6.07) is 1.73. The van der Waals surface area contributed by atoms with Crippen LogP contribution in [0.4, 0.5) is 0 Å². The summed E-state index contributed by atoms with van der Waals surface area (Å²) < 4.78 is 27.6. The molecule has 0 bridgehead atoms. The van der Waals surface area contributed by atoms with E-state index in [9.17, 15) is 8.42 Å². The van der Waals surface area contributed by atoms with Crippen LogP contribution in [0.1, 0.15) is 50.3 Å². The van der Waals surface area contributed by atoms with Crippen LogP contribution in [0.5, 0.6) is 0 Å². The van der Waals surface area contributed by atoms with Gasteiger partial charge in [0.1, 0.15) is 0 Å². The minimum absolute atomic E-state index is 0.0821. The Morgan fingerprint density at radius 3 is 2.65 bits per heavy atom. The number of nitrogens with two attached hydrogens (primary N) is 1. The SMILES string of the molecule is CCCC1CCC(NS(=O)(=O)c2ccsc2CN)CC1. The molecule has 2 rings (SSSR count). The van der Waals surface area contributed by atoms with Crippen molar-refractivity contribution in [1.82, 2.24) is 4.72 Å². The monoisotopic (exact) mass is 316 g/mol. The van der Waals surface area contributed by atoms with E-state index >= 15 is 0 Å². The molecular formula is C14H24N2O2S2. The number of hydrogen-bond acceptors (Lipinski definition) is 4. The molecule has 1 aromatic rings. The van der Waals surface area contributed by atoms with Crippen LogP contribution in [0.15, 0.2) is 16.3 Å². The molecule has 1 saturated carbocycles.